The van der Waals surface area contributed by atoms with Gasteiger partial charge in [-0.1, -0.05) is 5.16 Å². The highest BCUT2D eigenvalue weighted by atomic mass is 32.2. The van der Waals surface area contributed by atoms with Gasteiger partial charge in [-0.3, -0.25) is 14.9 Å². The first-order valence-corrected chi connectivity index (χ1v) is 8.29. The Labute approximate surface area is 139 Å². The van der Waals surface area contributed by atoms with E-state index < -0.39 is 5.91 Å². The lowest BCUT2D eigenvalue weighted by Gasteiger charge is -2.07. The lowest BCUT2D eigenvalue weighted by Crippen LogP contribution is -2.30. The number of thioether (sulfide) groups is 1. The van der Waals surface area contributed by atoms with Gasteiger partial charge in [0.2, 0.25) is 11.8 Å². The molecule has 0 radical (unpaired) electrons. The molecule has 0 fully saturated rings. The SMILES string of the molecule is O=C(Cn1nc(-n2cccn2)ccc1=O)Nc1onc2c1CSC2. The minimum Gasteiger partial charge on any atom is -0.338 e. The molecule has 1 aliphatic heterocycles. The maximum absolute atomic E-state index is 12.2. The number of hydrogen-bond acceptors (Lipinski definition) is 7. The Morgan fingerprint density at radius 2 is 2.29 bits per heavy atom. The smallest absolute Gasteiger partial charge is 0.267 e. The Balaban J connectivity index is 1.53. The number of fused-ring (bicyclic) bond motifs is 1. The molecule has 1 aliphatic rings. The highest BCUT2D eigenvalue weighted by molar-refractivity contribution is 7.98. The third-order valence-corrected chi connectivity index (χ3v) is 4.46. The summed E-state index contributed by atoms with van der Waals surface area (Å²) < 4.78 is 7.73. The van der Waals surface area contributed by atoms with Gasteiger partial charge in [-0.25, -0.2) is 9.36 Å². The minimum absolute atomic E-state index is 0.226. The largest absolute Gasteiger partial charge is 0.338 e. The molecule has 10 heteroatoms. The average molecular weight is 344 g/mol. The Morgan fingerprint density at radius 1 is 1.38 bits per heavy atom. The van der Waals surface area contributed by atoms with E-state index >= 15 is 0 Å². The summed E-state index contributed by atoms with van der Waals surface area (Å²) in [6.07, 6.45) is 3.30. The summed E-state index contributed by atoms with van der Waals surface area (Å²) in [5.41, 5.74) is 1.38. The molecule has 0 saturated carbocycles. The fourth-order valence-electron chi connectivity index (χ4n) is 2.33. The van der Waals surface area contributed by atoms with Gasteiger partial charge in [0, 0.05) is 30.0 Å². The molecule has 0 unspecified atom stereocenters. The van der Waals surface area contributed by atoms with Crippen LogP contribution >= 0.6 is 11.8 Å². The van der Waals surface area contributed by atoms with Crippen LogP contribution in [0.1, 0.15) is 11.3 Å². The molecule has 0 saturated heterocycles. The molecule has 0 atom stereocenters. The summed E-state index contributed by atoms with van der Waals surface area (Å²) in [5, 5.41) is 14.8. The van der Waals surface area contributed by atoms with Gasteiger partial charge in [-0.05, 0) is 12.1 Å². The van der Waals surface area contributed by atoms with Gasteiger partial charge in [-0.15, -0.1) is 5.10 Å². The molecule has 3 aromatic heterocycles. The van der Waals surface area contributed by atoms with Gasteiger partial charge in [0.1, 0.15) is 6.54 Å². The van der Waals surface area contributed by atoms with E-state index in [0.717, 1.165) is 27.4 Å². The Kier molecular flexibility index (Phi) is 3.65. The zero-order valence-corrected chi connectivity index (χ0v) is 13.2. The second-order valence-corrected chi connectivity index (χ2v) is 6.10. The van der Waals surface area contributed by atoms with E-state index in [2.05, 4.69) is 20.7 Å². The highest BCUT2D eigenvalue weighted by Gasteiger charge is 2.23. The number of rotatable bonds is 4. The summed E-state index contributed by atoms with van der Waals surface area (Å²) in [6, 6.07) is 4.64. The fraction of sp³-hybridized carbons (Fsp3) is 0.214. The first-order chi connectivity index (χ1) is 11.7. The van der Waals surface area contributed by atoms with Gasteiger partial charge < -0.3 is 4.52 Å². The van der Waals surface area contributed by atoms with Crippen LogP contribution in [-0.4, -0.2) is 30.6 Å². The van der Waals surface area contributed by atoms with Gasteiger partial charge in [0.15, 0.2) is 5.82 Å². The van der Waals surface area contributed by atoms with Crippen LogP contribution in [0.5, 0.6) is 0 Å². The standard InChI is InChI=1S/C14H12N6O3S/c21-12(16-14-9-7-24-8-10(9)18-23-14)6-20-13(22)3-2-11(17-20)19-5-1-4-15-19/h1-5H,6-8H2,(H,16,21). The molecule has 0 bridgehead atoms. The number of amides is 1. The van der Waals surface area contributed by atoms with E-state index in [1.807, 2.05) is 0 Å². The summed E-state index contributed by atoms with van der Waals surface area (Å²) in [5.74, 6) is 1.92. The van der Waals surface area contributed by atoms with Crippen LogP contribution in [0.4, 0.5) is 5.88 Å². The normalized spacial score (nSPS) is 13.0. The topological polar surface area (TPSA) is 108 Å². The van der Waals surface area contributed by atoms with Crippen molar-refractivity contribution in [2.45, 2.75) is 18.1 Å². The van der Waals surface area contributed by atoms with Crippen molar-refractivity contribution in [2.24, 2.45) is 0 Å². The molecular formula is C14H12N6O3S. The highest BCUT2D eigenvalue weighted by Crippen LogP contribution is 2.34. The lowest BCUT2D eigenvalue weighted by molar-refractivity contribution is -0.117. The summed E-state index contributed by atoms with van der Waals surface area (Å²) in [4.78, 5) is 24.1. The Hall–Kier alpha value is -2.88. The minimum atomic E-state index is -0.405. The maximum Gasteiger partial charge on any atom is 0.267 e. The third-order valence-electron chi connectivity index (χ3n) is 3.49. The monoisotopic (exact) mass is 344 g/mol. The van der Waals surface area contributed by atoms with Crippen molar-refractivity contribution in [1.29, 1.82) is 0 Å². The Bertz CT molecular complexity index is 946. The van der Waals surface area contributed by atoms with Crippen molar-refractivity contribution >= 4 is 23.6 Å². The van der Waals surface area contributed by atoms with Crippen molar-refractivity contribution < 1.29 is 9.32 Å². The second kappa shape index (κ2) is 5.96. The van der Waals surface area contributed by atoms with Crippen LogP contribution in [-0.2, 0) is 22.8 Å². The molecule has 0 aliphatic carbocycles. The second-order valence-electron chi connectivity index (χ2n) is 5.12. The molecule has 4 heterocycles. The lowest BCUT2D eigenvalue weighted by atomic mass is 10.3. The van der Waals surface area contributed by atoms with Gasteiger partial charge in [0.25, 0.3) is 5.56 Å². The van der Waals surface area contributed by atoms with Crippen molar-refractivity contribution in [3.8, 4) is 5.82 Å². The van der Waals surface area contributed by atoms with E-state index in [9.17, 15) is 9.59 Å². The van der Waals surface area contributed by atoms with E-state index in [4.69, 9.17) is 4.52 Å². The number of carbonyl (C=O) groups is 1. The van der Waals surface area contributed by atoms with Gasteiger partial charge >= 0.3 is 0 Å². The predicted molar refractivity (Wildman–Crippen MR) is 85.8 cm³/mol. The molecule has 0 spiro atoms. The zero-order chi connectivity index (χ0) is 16.5. The van der Waals surface area contributed by atoms with Crippen molar-refractivity contribution in [2.75, 3.05) is 5.32 Å². The van der Waals surface area contributed by atoms with Crippen LogP contribution < -0.4 is 10.9 Å². The van der Waals surface area contributed by atoms with Crippen LogP contribution in [0.2, 0.25) is 0 Å². The molecule has 3 aromatic rings. The molecule has 1 N–H and O–H groups in total. The van der Waals surface area contributed by atoms with E-state index in [-0.39, 0.29) is 12.1 Å². The van der Waals surface area contributed by atoms with Crippen molar-refractivity contribution in [3.63, 3.8) is 0 Å². The number of nitrogens with zero attached hydrogens (tertiary/aromatic N) is 5. The number of nitrogens with one attached hydrogen (secondary N) is 1. The molecule has 4 rings (SSSR count). The molecule has 9 nitrogen and oxygen atoms in total. The number of anilines is 1. The quantitative estimate of drug-likeness (QED) is 0.746. The number of carbonyl (C=O) groups excluding carboxylic acids is 1. The summed E-state index contributed by atoms with van der Waals surface area (Å²) >= 11 is 1.71. The number of aromatic nitrogens is 5. The predicted octanol–water partition coefficient (Wildman–Crippen LogP) is 0.802. The number of hydrogen-bond donors (Lipinski definition) is 1. The van der Waals surface area contributed by atoms with Crippen LogP contribution in [0.25, 0.3) is 5.82 Å². The van der Waals surface area contributed by atoms with Crippen LogP contribution in [0, 0.1) is 0 Å². The Morgan fingerprint density at radius 3 is 3.12 bits per heavy atom. The first kappa shape index (κ1) is 14.7. The first-order valence-electron chi connectivity index (χ1n) is 7.14. The van der Waals surface area contributed by atoms with E-state index in [0.29, 0.717) is 11.7 Å². The maximum atomic E-state index is 12.2. The zero-order valence-electron chi connectivity index (χ0n) is 12.4. The van der Waals surface area contributed by atoms with Gasteiger partial charge in [-0.2, -0.15) is 16.9 Å². The third kappa shape index (κ3) is 2.71. The van der Waals surface area contributed by atoms with Crippen LogP contribution in [0.3, 0.4) is 0 Å². The fourth-order valence-corrected chi connectivity index (χ4v) is 3.36. The van der Waals surface area contributed by atoms with Gasteiger partial charge in [0.05, 0.1) is 11.3 Å². The van der Waals surface area contributed by atoms with Crippen molar-refractivity contribution in [1.82, 2.24) is 24.7 Å². The van der Waals surface area contributed by atoms with E-state index in [1.54, 1.807) is 36.3 Å². The van der Waals surface area contributed by atoms with Crippen molar-refractivity contribution in [3.05, 3.63) is 52.2 Å². The molecule has 24 heavy (non-hydrogen) atoms. The average Bonchev–Trinajstić information content (AvgIpc) is 3.28. The molecular weight excluding hydrogens is 332 g/mol. The van der Waals surface area contributed by atoms with E-state index in [1.165, 1.54) is 10.7 Å². The van der Waals surface area contributed by atoms with Crippen LogP contribution in [0.15, 0.2) is 39.9 Å². The molecule has 1 amide bonds. The summed E-state index contributed by atoms with van der Waals surface area (Å²) in [7, 11) is 0. The summed E-state index contributed by atoms with van der Waals surface area (Å²) in [6.45, 7) is -0.226. The molecule has 0 aromatic carbocycles. The molecule has 122 valence electrons.